The van der Waals surface area contributed by atoms with Crippen LogP contribution in [0.4, 0.5) is 26.3 Å². The van der Waals surface area contributed by atoms with Gasteiger partial charge in [-0.1, -0.05) is 48.9 Å². The van der Waals surface area contributed by atoms with Crippen molar-refractivity contribution in [2.24, 2.45) is 11.3 Å². The number of nitrogens with one attached hydrogen (secondary N) is 2. The van der Waals surface area contributed by atoms with E-state index in [4.69, 9.17) is 19.8 Å². The van der Waals surface area contributed by atoms with Crippen LogP contribution in [-0.2, 0) is 24.2 Å². The number of aliphatic carboxylic acids is 2. The number of sulfone groups is 1. The summed E-state index contributed by atoms with van der Waals surface area (Å²) in [6.45, 7) is 4.78. The second kappa shape index (κ2) is 15.4. The third-order valence-corrected chi connectivity index (χ3v) is 8.35. The minimum absolute atomic E-state index is 0.00152. The van der Waals surface area contributed by atoms with Gasteiger partial charge < -0.3 is 20.8 Å². The molecule has 0 unspecified atom stereocenters. The fourth-order valence-electron chi connectivity index (χ4n) is 5.34. The zero-order chi connectivity index (χ0) is 34.2. The summed E-state index contributed by atoms with van der Waals surface area (Å²) < 4.78 is 85.7. The molecule has 1 aromatic carbocycles. The SMILES string of the molecule is CC/C(=C\c1ccccc1)[C@@H]1C[C@H]1NC1CC2(C1)CN(CC(=O)NCCS(C)(=O)=O)C2.O=C(O)C(F)(F)F.O=C(O)C(F)(F)F. The number of likely N-dealkylation sites (tertiary alicyclic amines) is 1. The summed E-state index contributed by atoms with van der Waals surface area (Å²) in [6, 6.07) is 11.8. The number of carboxylic acid groups (broad SMARTS) is 2. The maximum atomic E-state index is 12.0. The molecule has 3 aliphatic rings. The van der Waals surface area contributed by atoms with E-state index in [9.17, 15) is 39.6 Å². The van der Waals surface area contributed by atoms with Gasteiger partial charge in [-0.25, -0.2) is 18.0 Å². The van der Waals surface area contributed by atoms with Crippen molar-refractivity contribution in [3.05, 3.63) is 41.5 Å². The van der Waals surface area contributed by atoms with Crippen LogP contribution in [0.15, 0.2) is 35.9 Å². The third-order valence-electron chi connectivity index (χ3n) is 7.40. The fourth-order valence-corrected chi connectivity index (χ4v) is 5.81. The summed E-state index contributed by atoms with van der Waals surface area (Å²) in [7, 11) is -3.03. The lowest BCUT2D eigenvalue weighted by molar-refractivity contribution is -0.193. The average Bonchev–Trinajstić information content (AvgIpc) is 3.63. The van der Waals surface area contributed by atoms with Crippen molar-refractivity contribution in [2.75, 3.05) is 38.2 Å². The van der Waals surface area contributed by atoms with E-state index in [1.54, 1.807) is 5.57 Å². The Hall–Kier alpha value is -3.18. The Morgan fingerprint density at radius 3 is 1.96 bits per heavy atom. The lowest BCUT2D eigenvalue weighted by Gasteiger charge is -2.59. The van der Waals surface area contributed by atoms with Crippen LogP contribution in [0, 0.1) is 11.3 Å². The highest BCUT2D eigenvalue weighted by atomic mass is 32.2. The summed E-state index contributed by atoms with van der Waals surface area (Å²) in [5.41, 5.74) is 3.24. The number of carboxylic acids is 2. The zero-order valence-corrected chi connectivity index (χ0v) is 25.4. The third kappa shape index (κ3) is 13.4. The number of hydrogen-bond donors (Lipinski definition) is 4. The molecule has 4 N–H and O–H groups in total. The van der Waals surface area contributed by atoms with Crippen molar-refractivity contribution in [1.82, 2.24) is 15.5 Å². The van der Waals surface area contributed by atoms with Crippen molar-refractivity contribution < 1.29 is 59.4 Å². The minimum Gasteiger partial charge on any atom is -0.475 e. The van der Waals surface area contributed by atoms with E-state index in [1.807, 2.05) is 0 Å². The number of benzene rings is 1. The Morgan fingerprint density at radius 1 is 1.00 bits per heavy atom. The smallest absolute Gasteiger partial charge is 0.475 e. The fraction of sp³-hybridized carbons (Fsp3) is 0.607. The molecule has 254 valence electrons. The molecule has 10 nitrogen and oxygen atoms in total. The first kappa shape index (κ1) is 38.0. The van der Waals surface area contributed by atoms with Crippen molar-refractivity contribution in [3.63, 3.8) is 0 Å². The minimum atomic E-state index is -5.08. The quantitative estimate of drug-likeness (QED) is 0.274. The number of nitrogens with zero attached hydrogens (tertiary/aromatic N) is 1. The lowest BCUT2D eigenvalue weighted by Crippen LogP contribution is -2.67. The highest BCUT2D eigenvalue weighted by Crippen LogP contribution is 2.50. The first-order chi connectivity index (χ1) is 20.6. The monoisotopic (exact) mass is 673 g/mol. The summed E-state index contributed by atoms with van der Waals surface area (Å²) in [4.78, 5) is 31.9. The Kier molecular flexibility index (Phi) is 13.0. The molecule has 0 bridgehead atoms. The molecule has 3 fully saturated rings. The largest absolute Gasteiger partial charge is 0.490 e. The van der Waals surface area contributed by atoms with E-state index in [1.165, 1.54) is 31.1 Å². The van der Waals surface area contributed by atoms with E-state index in [2.05, 4.69) is 58.9 Å². The molecule has 1 aromatic rings. The van der Waals surface area contributed by atoms with Crippen LogP contribution in [0.5, 0.6) is 0 Å². The molecule has 2 atom stereocenters. The Morgan fingerprint density at radius 2 is 1.51 bits per heavy atom. The van der Waals surface area contributed by atoms with Gasteiger partial charge in [0.15, 0.2) is 0 Å². The summed E-state index contributed by atoms with van der Waals surface area (Å²) >= 11 is 0. The molecule has 1 amide bonds. The molecule has 1 heterocycles. The van der Waals surface area contributed by atoms with Crippen LogP contribution >= 0.6 is 0 Å². The molecule has 0 aromatic heterocycles. The molecular weight excluding hydrogens is 636 g/mol. The Balaban J connectivity index is 0.000000421. The van der Waals surface area contributed by atoms with Crippen LogP contribution < -0.4 is 10.6 Å². The summed E-state index contributed by atoms with van der Waals surface area (Å²) in [5, 5.41) is 20.8. The Labute approximate surface area is 256 Å². The standard InChI is InChI=1S/C24H35N3O3S.2C2HF3O2/c1-3-19(11-18-7-5-4-6-8-18)21-12-22(21)26-20-13-24(14-20)16-27(17-24)15-23(28)25-9-10-31(2,29)30;2*3-2(4,5)1(6)7/h4-8,11,20-22,26H,3,9-10,12-17H2,1-2H3,(H,25,28);2*(H,6,7)/b19-11+;;/t21-,22+;;/m0../s1. The van der Waals surface area contributed by atoms with E-state index >= 15 is 0 Å². The number of hydrogen-bond acceptors (Lipinski definition) is 7. The number of amides is 1. The van der Waals surface area contributed by atoms with Gasteiger partial charge in [0.05, 0.1) is 12.3 Å². The van der Waals surface area contributed by atoms with Gasteiger partial charge in [0, 0.05) is 38.0 Å². The van der Waals surface area contributed by atoms with Gasteiger partial charge in [-0.05, 0) is 42.6 Å². The maximum absolute atomic E-state index is 12.0. The summed E-state index contributed by atoms with van der Waals surface area (Å²) in [5.74, 6) is -4.92. The van der Waals surface area contributed by atoms with Gasteiger partial charge in [-0.2, -0.15) is 26.3 Å². The van der Waals surface area contributed by atoms with Gasteiger partial charge in [-0.15, -0.1) is 0 Å². The maximum Gasteiger partial charge on any atom is 0.490 e. The molecule has 2 saturated carbocycles. The van der Waals surface area contributed by atoms with Gasteiger partial charge in [-0.3, -0.25) is 9.69 Å². The second-order valence-electron chi connectivity index (χ2n) is 11.4. The first-order valence-electron chi connectivity index (χ1n) is 13.9. The van der Waals surface area contributed by atoms with Gasteiger partial charge >= 0.3 is 24.3 Å². The molecule has 1 spiro atoms. The van der Waals surface area contributed by atoms with Gasteiger partial charge in [0.1, 0.15) is 9.84 Å². The molecule has 4 rings (SSSR count). The topological polar surface area (TPSA) is 153 Å². The van der Waals surface area contributed by atoms with Crippen molar-refractivity contribution >= 4 is 33.8 Å². The second-order valence-corrected chi connectivity index (χ2v) is 13.7. The van der Waals surface area contributed by atoms with Crippen LogP contribution in [0.1, 0.15) is 38.2 Å². The van der Waals surface area contributed by atoms with Crippen molar-refractivity contribution in [3.8, 4) is 0 Å². The van der Waals surface area contributed by atoms with Crippen LogP contribution in [-0.4, -0.2) is 104 Å². The molecule has 45 heavy (non-hydrogen) atoms. The molecule has 1 saturated heterocycles. The van der Waals surface area contributed by atoms with E-state index in [0.29, 0.717) is 30.0 Å². The highest BCUT2D eigenvalue weighted by Gasteiger charge is 2.54. The normalized spacial score (nSPS) is 21.2. The number of carbonyl (C=O) groups excluding carboxylic acids is 1. The van der Waals surface area contributed by atoms with Crippen molar-refractivity contribution in [1.29, 1.82) is 0 Å². The molecule has 0 radical (unpaired) electrons. The van der Waals surface area contributed by atoms with E-state index < -0.39 is 34.1 Å². The Bertz CT molecular complexity index is 1280. The van der Waals surface area contributed by atoms with E-state index in [0.717, 1.165) is 19.5 Å². The van der Waals surface area contributed by atoms with Crippen LogP contribution in [0.25, 0.3) is 6.08 Å². The van der Waals surface area contributed by atoms with Gasteiger partial charge in [0.2, 0.25) is 5.91 Å². The predicted octanol–water partition coefficient (Wildman–Crippen LogP) is 3.35. The number of alkyl halides is 6. The number of carbonyl (C=O) groups is 3. The zero-order valence-electron chi connectivity index (χ0n) is 24.6. The van der Waals surface area contributed by atoms with Crippen LogP contribution in [0.2, 0.25) is 0 Å². The highest BCUT2D eigenvalue weighted by molar-refractivity contribution is 7.90. The molecule has 1 aliphatic heterocycles. The molecule has 2 aliphatic carbocycles. The van der Waals surface area contributed by atoms with Crippen molar-refractivity contribution in [2.45, 2.75) is 57.0 Å². The average molecular weight is 674 g/mol. The first-order valence-corrected chi connectivity index (χ1v) is 16.0. The number of rotatable bonds is 10. The lowest BCUT2D eigenvalue weighted by atomic mass is 9.60. The predicted molar refractivity (Wildman–Crippen MR) is 152 cm³/mol. The van der Waals surface area contributed by atoms with Gasteiger partial charge in [0.25, 0.3) is 0 Å². The molecule has 17 heteroatoms. The van der Waals surface area contributed by atoms with Crippen LogP contribution in [0.3, 0.4) is 0 Å². The summed E-state index contributed by atoms with van der Waals surface area (Å²) in [6.07, 6.45) is -1.87. The number of halogens is 6. The van der Waals surface area contributed by atoms with E-state index in [-0.39, 0.29) is 18.2 Å². The molecular formula is C28H37F6N3O7S.